The molecule has 0 radical (unpaired) electrons. The first-order chi connectivity index (χ1) is 13.6. The van der Waals surface area contributed by atoms with Crippen LogP contribution in [-0.2, 0) is 16.6 Å². The van der Waals surface area contributed by atoms with Crippen LogP contribution >= 0.6 is 11.6 Å². The van der Waals surface area contributed by atoms with Gasteiger partial charge in [0.05, 0.1) is 29.1 Å². The van der Waals surface area contributed by atoms with Gasteiger partial charge in [-0.25, -0.2) is 17.5 Å². The van der Waals surface area contributed by atoms with Gasteiger partial charge in [-0.15, -0.1) is 0 Å². The van der Waals surface area contributed by atoms with Gasteiger partial charge in [0.1, 0.15) is 5.75 Å². The van der Waals surface area contributed by atoms with Crippen LogP contribution in [0.4, 0.5) is 0 Å². The number of hydrogen-bond acceptors (Lipinski definition) is 6. The Labute approximate surface area is 172 Å². The number of hydrogen-bond donors (Lipinski definition) is 0. The number of carbonyl (C=O) groups excluding carboxylic acids is 1. The van der Waals surface area contributed by atoms with E-state index in [1.165, 1.54) is 38.4 Å². The van der Waals surface area contributed by atoms with E-state index in [1.54, 1.807) is 19.1 Å². The molecule has 0 N–H and O–H groups in total. The van der Waals surface area contributed by atoms with Gasteiger partial charge in [0.15, 0.2) is 11.4 Å². The number of ether oxygens (including phenoxy) is 1. The Morgan fingerprint density at radius 2 is 1.93 bits per heavy atom. The molecule has 3 rings (SSSR count). The molecule has 0 aliphatic heterocycles. The van der Waals surface area contributed by atoms with Crippen molar-refractivity contribution in [1.82, 2.24) is 8.87 Å². The third-order valence-electron chi connectivity index (χ3n) is 4.26. The number of fused-ring (bicyclic) bond motifs is 1. The Hall–Kier alpha value is -2.62. The maximum atomic E-state index is 12.8. The first-order valence-corrected chi connectivity index (χ1v) is 10.5. The van der Waals surface area contributed by atoms with Gasteiger partial charge in [0.25, 0.3) is 0 Å². The summed E-state index contributed by atoms with van der Waals surface area (Å²) in [6.45, 7) is 1.84. The van der Waals surface area contributed by atoms with E-state index in [1.807, 2.05) is 0 Å². The summed E-state index contributed by atoms with van der Waals surface area (Å²) in [6.07, 6.45) is 0. The molecule has 0 aliphatic carbocycles. The molecular weight excluding hydrogens is 420 g/mol. The van der Waals surface area contributed by atoms with Crippen molar-refractivity contribution in [2.75, 3.05) is 20.7 Å². The molecule has 2 aromatic carbocycles. The third-order valence-corrected chi connectivity index (χ3v) is 6.31. The molecule has 0 spiro atoms. The van der Waals surface area contributed by atoms with Gasteiger partial charge in [-0.1, -0.05) is 11.6 Å². The highest BCUT2D eigenvalue weighted by atomic mass is 35.5. The summed E-state index contributed by atoms with van der Waals surface area (Å²) in [6, 6.07) is 8.73. The molecule has 29 heavy (non-hydrogen) atoms. The minimum absolute atomic E-state index is 0.0179. The fourth-order valence-electron chi connectivity index (χ4n) is 2.80. The van der Waals surface area contributed by atoms with Crippen molar-refractivity contribution >= 4 is 38.5 Å². The van der Waals surface area contributed by atoms with Crippen LogP contribution in [0.2, 0.25) is 5.02 Å². The van der Waals surface area contributed by atoms with E-state index in [0.29, 0.717) is 22.9 Å². The Bertz CT molecular complexity index is 1240. The van der Waals surface area contributed by atoms with Crippen molar-refractivity contribution in [3.63, 3.8) is 0 Å². The first kappa shape index (κ1) is 21.1. The predicted octanol–water partition coefficient (Wildman–Crippen LogP) is 2.78. The predicted molar refractivity (Wildman–Crippen MR) is 108 cm³/mol. The van der Waals surface area contributed by atoms with Crippen LogP contribution in [0.15, 0.2) is 50.5 Å². The summed E-state index contributed by atoms with van der Waals surface area (Å²) in [5, 5.41) is 0.361. The number of Topliss-reactive ketones (excluding diaryl/α,β-unsaturated/α-hetero) is 1. The van der Waals surface area contributed by atoms with Crippen LogP contribution in [0.25, 0.3) is 11.1 Å². The standard InChI is InChI=1S/C19H19ClN2O6S/c1-4-27-17-8-5-12(20)9-14(17)16(23)11-22-15-7-6-13(29(25,26)21(2)3)10-18(15)28-19(22)24/h5-10H,4,11H2,1-3H3. The van der Waals surface area contributed by atoms with E-state index in [4.69, 9.17) is 20.8 Å². The van der Waals surface area contributed by atoms with Gasteiger partial charge in [-0.2, -0.15) is 0 Å². The molecule has 1 heterocycles. The topological polar surface area (TPSA) is 98.8 Å². The lowest BCUT2D eigenvalue weighted by Gasteiger charge is -2.11. The van der Waals surface area contributed by atoms with E-state index in [9.17, 15) is 18.0 Å². The smallest absolute Gasteiger partial charge is 0.420 e. The molecule has 0 unspecified atom stereocenters. The van der Waals surface area contributed by atoms with Crippen molar-refractivity contribution in [3.8, 4) is 5.75 Å². The number of aromatic nitrogens is 1. The number of halogens is 1. The van der Waals surface area contributed by atoms with E-state index in [-0.39, 0.29) is 22.6 Å². The molecule has 0 fully saturated rings. The molecule has 1 aromatic heterocycles. The van der Waals surface area contributed by atoms with E-state index >= 15 is 0 Å². The first-order valence-electron chi connectivity index (χ1n) is 8.66. The van der Waals surface area contributed by atoms with Gasteiger partial charge in [-0.3, -0.25) is 9.36 Å². The van der Waals surface area contributed by atoms with Crippen LogP contribution < -0.4 is 10.5 Å². The summed E-state index contributed by atoms with van der Waals surface area (Å²) in [4.78, 5) is 25.1. The summed E-state index contributed by atoms with van der Waals surface area (Å²) >= 11 is 6.00. The van der Waals surface area contributed by atoms with E-state index < -0.39 is 21.6 Å². The largest absolute Gasteiger partial charge is 0.493 e. The van der Waals surface area contributed by atoms with Crippen LogP contribution in [0.3, 0.4) is 0 Å². The normalized spacial score (nSPS) is 11.9. The summed E-state index contributed by atoms with van der Waals surface area (Å²) in [5.74, 6) is -0.805. The molecule has 0 aliphatic rings. The molecule has 0 bridgehead atoms. The highest BCUT2D eigenvalue weighted by molar-refractivity contribution is 7.89. The minimum Gasteiger partial charge on any atom is -0.493 e. The summed E-state index contributed by atoms with van der Waals surface area (Å²) in [5.41, 5.74) is 0.621. The van der Waals surface area contributed by atoms with E-state index in [0.717, 1.165) is 8.87 Å². The highest BCUT2D eigenvalue weighted by Gasteiger charge is 2.21. The van der Waals surface area contributed by atoms with Crippen LogP contribution in [0, 0.1) is 0 Å². The van der Waals surface area contributed by atoms with Crippen molar-refractivity contribution in [2.45, 2.75) is 18.4 Å². The zero-order valence-corrected chi connectivity index (χ0v) is 17.6. The number of carbonyl (C=O) groups is 1. The van der Waals surface area contributed by atoms with Gasteiger partial charge in [0, 0.05) is 25.2 Å². The highest BCUT2D eigenvalue weighted by Crippen LogP contribution is 2.25. The number of rotatable bonds is 7. The lowest BCUT2D eigenvalue weighted by molar-refractivity contribution is 0.0967. The van der Waals surface area contributed by atoms with Crippen molar-refractivity contribution in [3.05, 3.63) is 57.5 Å². The summed E-state index contributed by atoms with van der Waals surface area (Å²) < 4.78 is 37.4. The van der Waals surface area contributed by atoms with Crippen molar-refractivity contribution in [2.24, 2.45) is 0 Å². The molecule has 0 saturated heterocycles. The van der Waals surface area contributed by atoms with Crippen LogP contribution in [0.1, 0.15) is 17.3 Å². The zero-order valence-electron chi connectivity index (χ0n) is 16.0. The fourth-order valence-corrected chi connectivity index (χ4v) is 3.89. The molecule has 8 nitrogen and oxygen atoms in total. The van der Waals surface area contributed by atoms with Gasteiger partial charge >= 0.3 is 5.76 Å². The van der Waals surface area contributed by atoms with E-state index in [2.05, 4.69) is 0 Å². The Kier molecular flexibility index (Phi) is 5.83. The molecule has 10 heteroatoms. The molecule has 0 amide bonds. The van der Waals surface area contributed by atoms with Crippen molar-refractivity contribution < 1.29 is 22.4 Å². The summed E-state index contributed by atoms with van der Waals surface area (Å²) in [7, 11) is -0.884. The SMILES string of the molecule is CCOc1ccc(Cl)cc1C(=O)Cn1c(=O)oc2cc(S(=O)(=O)N(C)C)ccc21. The average molecular weight is 439 g/mol. The van der Waals surface area contributed by atoms with Crippen LogP contribution in [0.5, 0.6) is 5.75 Å². The number of oxazole rings is 1. The fraction of sp³-hybridized carbons (Fsp3) is 0.263. The molecule has 154 valence electrons. The molecule has 0 saturated carbocycles. The van der Waals surface area contributed by atoms with Crippen molar-refractivity contribution in [1.29, 1.82) is 0 Å². The Balaban J connectivity index is 2.02. The van der Waals surface area contributed by atoms with Gasteiger partial charge in [-0.05, 0) is 37.3 Å². The Morgan fingerprint density at radius 3 is 2.59 bits per heavy atom. The second-order valence-corrected chi connectivity index (χ2v) is 8.96. The second kappa shape index (κ2) is 8.02. The number of benzene rings is 2. The molecular formula is C19H19ClN2O6S. The number of nitrogens with zero attached hydrogens (tertiary/aromatic N) is 2. The lowest BCUT2D eigenvalue weighted by Crippen LogP contribution is -2.22. The second-order valence-electron chi connectivity index (χ2n) is 6.37. The number of sulfonamides is 1. The lowest BCUT2D eigenvalue weighted by atomic mass is 10.1. The van der Waals surface area contributed by atoms with Gasteiger partial charge < -0.3 is 9.15 Å². The maximum Gasteiger partial charge on any atom is 0.420 e. The molecule has 3 aromatic rings. The maximum absolute atomic E-state index is 12.8. The monoisotopic (exact) mass is 438 g/mol. The number of ketones is 1. The van der Waals surface area contributed by atoms with Crippen LogP contribution in [-0.4, -0.2) is 43.8 Å². The molecule has 0 atom stereocenters. The van der Waals surface area contributed by atoms with Gasteiger partial charge in [0.2, 0.25) is 10.0 Å². The Morgan fingerprint density at radius 1 is 1.21 bits per heavy atom. The zero-order chi connectivity index (χ0) is 21.3. The minimum atomic E-state index is -3.69. The quantitative estimate of drug-likeness (QED) is 0.526. The average Bonchev–Trinajstić information content (AvgIpc) is 2.97. The third kappa shape index (κ3) is 4.07.